The van der Waals surface area contributed by atoms with Crippen molar-refractivity contribution in [3.8, 4) is 0 Å². The molecule has 78 valence electrons. The molecule has 1 N–H and O–H groups in total. The minimum atomic E-state index is -4.32. The van der Waals surface area contributed by atoms with Crippen molar-refractivity contribution in [3.05, 3.63) is 0 Å². The first kappa shape index (κ1) is 12.4. The van der Waals surface area contributed by atoms with E-state index in [1.165, 1.54) is 0 Å². The Morgan fingerprint density at radius 2 is 2.08 bits per heavy atom. The van der Waals surface area contributed by atoms with Crippen LogP contribution in [-0.2, 0) is 19.6 Å². The molecule has 0 saturated heterocycles. The summed E-state index contributed by atoms with van der Waals surface area (Å²) < 4.78 is 34.3. The minimum absolute atomic E-state index is 0.0992. The highest BCUT2D eigenvalue weighted by Gasteiger charge is 2.30. The summed E-state index contributed by atoms with van der Waals surface area (Å²) in [6, 6.07) is 0. The van der Waals surface area contributed by atoms with E-state index < -0.39 is 21.3 Å². The molecule has 0 amide bonds. The number of carbonyl (C=O) groups is 1. The van der Waals surface area contributed by atoms with Gasteiger partial charge in [-0.3, -0.25) is 9.35 Å². The van der Waals surface area contributed by atoms with E-state index in [1.54, 1.807) is 0 Å². The average Bonchev–Trinajstić information content (AvgIpc) is 2.02. The first-order chi connectivity index (χ1) is 5.93. The molecular formula is C7H14O5S. The fourth-order valence-corrected chi connectivity index (χ4v) is 1.71. The van der Waals surface area contributed by atoms with Gasteiger partial charge in [0.15, 0.2) is 5.25 Å². The first-order valence-electron chi connectivity index (χ1n) is 3.97. The normalized spacial score (nSPS) is 13.8. The molecule has 0 aromatic heterocycles. The Kier molecular flexibility index (Phi) is 4.94. The van der Waals surface area contributed by atoms with Crippen LogP contribution < -0.4 is 0 Å². The molecule has 0 fully saturated rings. The minimum Gasteiger partial charge on any atom is -0.468 e. The number of esters is 1. The zero-order chi connectivity index (χ0) is 10.5. The Labute approximate surface area is 77.8 Å². The number of hydrogen-bond donors (Lipinski definition) is 1. The molecule has 0 radical (unpaired) electrons. The molecule has 0 rings (SSSR count). The lowest BCUT2D eigenvalue weighted by Gasteiger charge is -2.09. The van der Waals surface area contributed by atoms with Crippen LogP contribution >= 0.6 is 0 Å². The lowest BCUT2D eigenvalue weighted by atomic mass is 10.2. The second kappa shape index (κ2) is 5.18. The van der Waals surface area contributed by atoms with Gasteiger partial charge < -0.3 is 4.74 Å². The molecule has 1 atom stereocenters. The summed E-state index contributed by atoms with van der Waals surface area (Å²) in [5, 5.41) is -1.43. The topological polar surface area (TPSA) is 80.7 Å². The highest BCUT2D eigenvalue weighted by Crippen LogP contribution is 2.10. The van der Waals surface area contributed by atoms with Gasteiger partial charge >= 0.3 is 5.97 Å². The molecule has 0 heterocycles. The van der Waals surface area contributed by atoms with Crippen molar-refractivity contribution in [1.29, 1.82) is 0 Å². The van der Waals surface area contributed by atoms with E-state index in [9.17, 15) is 13.2 Å². The summed E-state index contributed by atoms with van der Waals surface area (Å²) in [6.07, 6.45) is 1.41. The second-order valence-electron chi connectivity index (χ2n) is 2.67. The summed E-state index contributed by atoms with van der Waals surface area (Å²) in [4.78, 5) is 10.9. The number of rotatable bonds is 5. The standard InChI is InChI=1S/C7H14O5S/c1-3-4-5-6(7(8)12-2)13(9,10)11/h6H,3-5H2,1-2H3,(H,9,10,11). The lowest BCUT2D eigenvalue weighted by molar-refractivity contribution is -0.140. The van der Waals surface area contributed by atoms with E-state index in [1.807, 2.05) is 6.92 Å². The quantitative estimate of drug-likeness (QED) is 0.531. The average molecular weight is 210 g/mol. The van der Waals surface area contributed by atoms with Crippen molar-refractivity contribution in [2.75, 3.05) is 7.11 Å². The zero-order valence-electron chi connectivity index (χ0n) is 7.69. The Balaban J connectivity index is 4.47. The van der Waals surface area contributed by atoms with Crippen LogP contribution in [0.1, 0.15) is 26.2 Å². The SMILES string of the molecule is CCCCC(C(=O)OC)S(=O)(=O)O. The lowest BCUT2D eigenvalue weighted by Crippen LogP contribution is -2.30. The maximum Gasteiger partial charge on any atom is 0.326 e. The predicted octanol–water partition coefficient (Wildman–Crippen LogP) is 0.606. The van der Waals surface area contributed by atoms with Crippen LogP contribution in [0.2, 0.25) is 0 Å². The predicted molar refractivity (Wildman–Crippen MR) is 46.9 cm³/mol. The fraction of sp³-hybridized carbons (Fsp3) is 0.857. The Bertz CT molecular complexity index is 256. The van der Waals surface area contributed by atoms with E-state index in [0.29, 0.717) is 6.42 Å². The molecule has 0 aliphatic heterocycles. The molecule has 0 aliphatic carbocycles. The number of unbranched alkanes of at least 4 members (excludes halogenated alkanes) is 1. The van der Waals surface area contributed by atoms with Gasteiger partial charge in [0, 0.05) is 0 Å². The van der Waals surface area contributed by atoms with Crippen LogP contribution in [0.25, 0.3) is 0 Å². The summed E-state index contributed by atoms with van der Waals surface area (Å²) >= 11 is 0. The summed E-state index contributed by atoms with van der Waals surface area (Å²) in [7, 11) is -3.23. The van der Waals surface area contributed by atoms with Crippen LogP contribution in [0.3, 0.4) is 0 Å². The van der Waals surface area contributed by atoms with E-state index in [4.69, 9.17) is 4.55 Å². The van der Waals surface area contributed by atoms with Gasteiger partial charge in [-0.2, -0.15) is 8.42 Å². The molecule has 0 aromatic rings. The maximum absolute atomic E-state index is 10.9. The van der Waals surface area contributed by atoms with Crippen LogP contribution in [0.5, 0.6) is 0 Å². The van der Waals surface area contributed by atoms with Crippen molar-refractivity contribution in [1.82, 2.24) is 0 Å². The Hall–Kier alpha value is -0.620. The highest BCUT2D eigenvalue weighted by atomic mass is 32.2. The van der Waals surface area contributed by atoms with Gasteiger partial charge in [-0.05, 0) is 6.42 Å². The first-order valence-corrected chi connectivity index (χ1v) is 5.48. The molecule has 0 saturated carbocycles. The van der Waals surface area contributed by atoms with Crippen molar-refractivity contribution in [2.24, 2.45) is 0 Å². The zero-order valence-corrected chi connectivity index (χ0v) is 8.50. The highest BCUT2D eigenvalue weighted by molar-refractivity contribution is 7.87. The van der Waals surface area contributed by atoms with E-state index >= 15 is 0 Å². The Morgan fingerprint density at radius 1 is 1.54 bits per heavy atom. The van der Waals surface area contributed by atoms with Crippen molar-refractivity contribution in [2.45, 2.75) is 31.4 Å². The molecule has 0 aliphatic rings. The summed E-state index contributed by atoms with van der Waals surface area (Å²) in [6.45, 7) is 1.86. The van der Waals surface area contributed by atoms with Gasteiger partial charge in [0.25, 0.3) is 10.1 Å². The molecule has 0 bridgehead atoms. The van der Waals surface area contributed by atoms with Gasteiger partial charge in [0.05, 0.1) is 7.11 Å². The monoisotopic (exact) mass is 210 g/mol. The van der Waals surface area contributed by atoms with Gasteiger partial charge in [-0.15, -0.1) is 0 Å². The summed E-state index contributed by atoms with van der Waals surface area (Å²) in [5.41, 5.74) is 0. The van der Waals surface area contributed by atoms with Crippen LogP contribution in [-0.4, -0.2) is 31.3 Å². The molecule has 1 unspecified atom stereocenters. The van der Waals surface area contributed by atoms with Gasteiger partial charge in [-0.25, -0.2) is 0 Å². The van der Waals surface area contributed by atoms with Crippen molar-refractivity contribution < 1.29 is 22.5 Å². The maximum atomic E-state index is 10.9. The second-order valence-corrected chi connectivity index (χ2v) is 4.27. The third-order valence-corrected chi connectivity index (χ3v) is 2.79. The van der Waals surface area contributed by atoms with E-state index in [-0.39, 0.29) is 6.42 Å². The molecule has 0 spiro atoms. The van der Waals surface area contributed by atoms with Crippen LogP contribution in [0.15, 0.2) is 0 Å². The third-order valence-electron chi connectivity index (χ3n) is 1.64. The smallest absolute Gasteiger partial charge is 0.326 e. The van der Waals surface area contributed by atoms with Gasteiger partial charge in [0.1, 0.15) is 0 Å². The number of hydrogen-bond acceptors (Lipinski definition) is 4. The third kappa shape index (κ3) is 4.23. The van der Waals surface area contributed by atoms with Crippen LogP contribution in [0.4, 0.5) is 0 Å². The van der Waals surface area contributed by atoms with Crippen molar-refractivity contribution in [3.63, 3.8) is 0 Å². The van der Waals surface area contributed by atoms with Gasteiger partial charge in [0.2, 0.25) is 0 Å². The fourth-order valence-electron chi connectivity index (χ4n) is 0.909. The van der Waals surface area contributed by atoms with Gasteiger partial charge in [-0.1, -0.05) is 19.8 Å². The molecule has 13 heavy (non-hydrogen) atoms. The summed E-state index contributed by atoms with van der Waals surface area (Å²) in [5.74, 6) is -0.907. The largest absolute Gasteiger partial charge is 0.468 e. The van der Waals surface area contributed by atoms with Crippen LogP contribution in [0, 0.1) is 0 Å². The van der Waals surface area contributed by atoms with Crippen molar-refractivity contribution >= 4 is 16.1 Å². The molecular weight excluding hydrogens is 196 g/mol. The Morgan fingerprint density at radius 3 is 2.38 bits per heavy atom. The molecule has 5 nitrogen and oxygen atoms in total. The van der Waals surface area contributed by atoms with E-state index in [2.05, 4.69) is 4.74 Å². The van der Waals surface area contributed by atoms with E-state index in [0.717, 1.165) is 13.5 Å². The molecule has 6 heteroatoms. The number of methoxy groups -OCH3 is 1. The number of carbonyl (C=O) groups excluding carboxylic acids is 1. The number of ether oxygens (including phenoxy) is 1. The molecule has 0 aromatic carbocycles.